The van der Waals surface area contributed by atoms with E-state index in [1.165, 1.54) is 46.6 Å². The second-order valence-electron chi connectivity index (χ2n) is 8.81. The normalized spacial score (nSPS) is 12.4. The van der Waals surface area contributed by atoms with Crippen LogP contribution < -0.4 is 11.0 Å². The first kappa shape index (κ1) is 28.2. The molecule has 3 aromatic heterocycles. The van der Waals surface area contributed by atoms with E-state index < -0.39 is 30.4 Å². The molecule has 3 heterocycles. The number of nitrogens with zero attached hydrogens (tertiary/aromatic N) is 7. The number of halogens is 4. The van der Waals surface area contributed by atoms with E-state index in [1.54, 1.807) is 29.6 Å². The summed E-state index contributed by atoms with van der Waals surface area (Å²) in [6.07, 6.45) is -6.40. The lowest BCUT2D eigenvalue weighted by atomic mass is 10.1. The number of hydrogen-bond donors (Lipinski definition) is 2. The van der Waals surface area contributed by atoms with Crippen LogP contribution in [-0.2, 0) is 13.1 Å². The van der Waals surface area contributed by atoms with Crippen molar-refractivity contribution >= 4 is 34.0 Å². The molecule has 0 radical (unpaired) electrons. The van der Waals surface area contributed by atoms with Gasteiger partial charge in [0.2, 0.25) is 0 Å². The summed E-state index contributed by atoms with van der Waals surface area (Å²) >= 11 is 7.21. The fourth-order valence-corrected chi connectivity index (χ4v) is 4.67. The smallest absolute Gasteiger partial charge is 0.382 e. The average molecular weight is 605 g/mol. The zero-order valence-corrected chi connectivity index (χ0v) is 22.7. The monoisotopic (exact) mass is 604 g/mol. The van der Waals surface area contributed by atoms with E-state index in [4.69, 9.17) is 11.6 Å². The first-order valence-corrected chi connectivity index (χ1v) is 13.2. The maximum absolute atomic E-state index is 13.1. The fourth-order valence-electron chi connectivity index (χ4n) is 3.86. The van der Waals surface area contributed by atoms with Gasteiger partial charge in [0.25, 0.3) is 5.91 Å². The van der Waals surface area contributed by atoms with E-state index in [9.17, 15) is 27.9 Å². The molecule has 0 saturated heterocycles. The predicted molar refractivity (Wildman–Crippen MR) is 144 cm³/mol. The Morgan fingerprint density at radius 1 is 1.15 bits per heavy atom. The van der Waals surface area contributed by atoms with Gasteiger partial charge < -0.3 is 5.11 Å². The highest BCUT2D eigenvalue weighted by Gasteiger charge is 2.39. The van der Waals surface area contributed by atoms with Gasteiger partial charge in [0, 0.05) is 16.0 Å². The molecule has 0 unspecified atom stereocenters. The molecule has 2 aromatic carbocycles. The number of anilines is 1. The third-order valence-corrected chi connectivity index (χ3v) is 6.95. The van der Waals surface area contributed by atoms with Crippen LogP contribution in [0.3, 0.4) is 0 Å². The van der Waals surface area contributed by atoms with Crippen molar-refractivity contribution in [2.75, 3.05) is 5.32 Å². The number of aliphatic hydroxyl groups excluding tert-OH is 1. The quantitative estimate of drug-likeness (QED) is 0.274. The molecule has 0 fully saturated rings. The fraction of sp³-hybridized carbons (Fsp3) is 0.200. The number of alkyl halides is 3. The molecule has 0 spiro atoms. The summed E-state index contributed by atoms with van der Waals surface area (Å²) in [7, 11) is 0. The molecule has 0 aliphatic heterocycles. The van der Waals surface area contributed by atoms with E-state index in [-0.39, 0.29) is 23.8 Å². The molecular weight excluding hydrogens is 585 g/mol. The van der Waals surface area contributed by atoms with Gasteiger partial charge in [-0.15, -0.1) is 21.5 Å². The molecule has 212 valence electrons. The molecule has 0 aliphatic rings. The molecule has 1 atom stereocenters. The van der Waals surface area contributed by atoms with Crippen LogP contribution in [0.5, 0.6) is 0 Å². The minimum absolute atomic E-state index is 0.0986. The molecule has 41 heavy (non-hydrogen) atoms. The van der Waals surface area contributed by atoms with E-state index >= 15 is 0 Å². The Balaban J connectivity index is 1.44. The minimum Gasteiger partial charge on any atom is -0.382 e. The molecule has 5 aromatic rings. The molecule has 0 saturated carbocycles. The van der Waals surface area contributed by atoms with Crippen molar-refractivity contribution in [3.8, 4) is 17.1 Å². The number of benzene rings is 2. The molecule has 11 nitrogen and oxygen atoms in total. The molecule has 2 N–H and O–H groups in total. The Labute approximate surface area is 238 Å². The van der Waals surface area contributed by atoms with Gasteiger partial charge in [-0.1, -0.05) is 23.7 Å². The molecular formula is C25H20ClF3N8O3S. The third kappa shape index (κ3) is 6.21. The lowest BCUT2D eigenvalue weighted by molar-refractivity contribution is -0.207. The molecule has 0 bridgehead atoms. The number of rotatable bonds is 8. The standard InChI is InChI=1S/C25H20ClF3N8O3S/c1-14-12-41-23(31-14)32-22(39)17-4-2-3-5-18(17)37-13-30-20(33-37)11-36-24(40)35(10-19(38)25(27,28)29)21(34-36)15-6-8-16(26)9-7-15/h2-9,12-13,19,38H,10-11H2,1H3,(H,31,32,39)/t19-/m0/s1. The van der Waals surface area contributed by atoms with E-state index in [0.717, 1.165) is 14.9 Å². The van der Waals surface area contributed by atoms with Crippen molar-refractivity contribution in [3.05, 3.63) is 92.8 Å². The summed E-state index contributed by atoms with van der Waals surface area (Å²) in [5, 5.41) is 23.6. The number of aromatic nitrogens is 7. The number of para-hydroxylation sites is 1. The van der Waals surface area contributed by atoms with Gasteiger partial charge in [-0.3, -0.25) is 14.7 Å². The van der Waals surface area contributed by atoms with Crippen molar-refractivity contribution in [1.29, 1.82) is 0 Å². The summed E-state index contributed by atoms with van der Waals surface area (Å²) in [6, 6.07) is 12.6. The number of carbonyl (C=O) groups is 1. The van der Waals surface area contributed by atoms with Crippen molar-refractivity contribution in [1.82, 2.24) is 34.1 Å². The Bertz CT molecular complexity index is 1760. The van der Waals surface area contributed by atoms with Crippen molar-refractivity contribution in [2.45, 2.75) is 32.3 Å². The van der Waals surface area contributed by atoms with E-state index in [0.29, 0.717) is 21.4 Å². The second-order valence-corrected chi connectivity index (χ2v) is 10.1. The number of nitrogens with one attached hydrogen (secondary N) is 1. The number of amides is 1. The maximum atomic E-state index is 13.1. The van der Waals surface area contributed by atoms with Crippen LogP contribution in [0, 0.1) is 6.92 Å². The maximum Gasteiger partial charge on any atom is 0.416 e. The SMILES string of the molecule is Cc1csc(NC(=O)c2ccccc2-n2cnc(Cn3nc(-c4ccc(Cl)cc4)n(C[C@H](O)C(F)(F)F)c3=O)n2)n1. The predicted octanol–water partition coefficient (Wildman–Crippen LogP) is 3.93. The second kappa shape index (κ2) is 11.3. The third-order valence-electron chi connectivity index (χ3n) is 5.82. The largest absolute Gasteiger partial charge is 0.416 e. The number of aryl methyl sites for hydroxylation is 1. The first-order valence-electron chi connectivity index (χ1n) is 11.9. The van der Waals surface area contributed by atoms with Gasteiger partial charge in [-0.2, -0.15) is 13.2 Å². The summed E-state index contributed by atoms with van der Waals surface area (Å²) in [6.45, 7) is 0.444. The molecule has 5 rings (SSSR count). The van der Waals surface area contributed by atoms with Crippen LogP contribution in [0.15, 0.2) is 65.0 Å². The highest BCUT2D eigenvalue weighted by molar-refractivity contribution is 7.13. The molecule has 0 aliphatic carbocycles. The molecule has 1 amide bonds. The van der Waals surface area contributed by atoms with Crippen molar-refractivity contribution in [3.63, 3.8) is 0 Å². The summed E-state index contributed by atoms with van der Waals surface area (Å²) in [4.78, 5) is 34.5. The van der Waals surface area contributed by atoms with Gasteiger partial charge in [-0.25, -0.2) is 24.1 Å². The highest BCUT2D eigenvalue weighted by Crippen LogP contribution is 2.24. The summed E-state index contributed by atoms with van der Waals surface area (Å²) < 4.78 is 42.3. The van der Waals surface area contributed by atoms with E-state index in [1.807, 2.05) is 6.92 Å². The van der Waals surface area contributed by atoms with Gasteiger partial charge in [0.05, 0.1) is 23.5 Å². The Hall–Kier alpha value is -4.34. The number of hydrogen-bond acceptors (Lipinski definition) is 8. The van der Waals surface area contributed by atoms with Gasteiger partial charge in [0.1, 0.15) is 12.9 Å². The number of carbonyl (C=O) groups excluding carboxylic acids is 1. The van der Waals surface area contributed by atoms with Crippen LogP contribution in [0.25, 0.3) is 17.1 Å². The topological polar surface area (TPSA) is 133 Å². The average Bonchev–Trinajstić information content (AvgIpc) is 3.64. The number of aliphatic hydroxyl groups is 1. The Morgan fingerprint density at radius 2 is 1.88 bits per heavy atom. The van der Waals surface area contributed by atoms with Gasteiger partial charge in [-0.05, 0) is 43.3 Å². The van der Waals surface area contributed by atoms with Crippen LogP contribution in [-0.4, -0.2) is 57.4 Å². The van der Waals surface area contributed by atoms with Gasteiger partial charge in [0.15, 0.2) is 22.9 Å². The Kier molecular flexibility index (Phi) is 7.75. The lowest BCUT2D eigenvalue weighted by Crippen LogP contribution is -2.37. The lowest BCUT2D eigenvalue weighted by Gasteiger charge is -2.15. The van der Waals surface area contributed by atoms with Gasteiger partial charge >= 0.3 is 11.9 Å². The minimum atomic E-state index is -4.95. The van der Waals surface area contributed by atoms with Crippen LogP contribution in [0.2, 0.25) is 5.02 Å². The molecule has 16 heteroatoms. The Morgan fingerprint density at radius 3 is 2.56 bits per heavy atom. The zero-order chi connectivity index (χ0) is 29.3. The van der Waals surface area contributed by atoms with Crippen LogP contribution in [0.4, 0.5) is 18.3 Å². The van der Waals surface area contributed by atoms with E-state index in [2.05, 4.69) is 25.5 Å². The van der Waals surface area contributed by atoms with Crippen LogP contribution in [0.1, 0.15) is 21.9 Å². The highest BCUT2D eigenvalue weighted by atomic mass is 35.5. The van der Waals surface area contributed by atoms with Crippen molar-refractivity contribution < 1.29 is 23.1 Å². The number of thiazole rings is 1. The van der Waals surface area contributed by atoms with Crippen LogP contribution >= 0.6 is 22.9 Å². The zero-order valence-electron chi connectivity index (χ0n) is 21.1. The van der Waals surface area contributed by atoms with Crippen molar-refractivity contribution in [2.24, 2.45) is 0 Å². The summed E-state index contributed by atoms with van der Waals surface area (Å²) in [5.74, 6) is -0.423. The summed E-state index contributed by atoms with van der Waals surface area (Å²) in [5.41, 5.74) is 0.848. The first-order chi connectivity index (χ1) is 19.5.